The molecule has 0 aliphatic carbocycles. The van der Waals surface area contributed by atoms with Gasteiger partial charge in [-0.25, -0.2) is 4.98 Å². The molecule has 0 saturated heterocycles. The third-order valence-corrected chi connectivity index (χ3v) is 4.40. The Morgan fingerprint density at radius 2 is 2.26 bits per heavy atom. The van der Waals surface area contributed by atoms with Crippen molar-refractivity contribution in [1.82, 2.24) is 10.3 Å². The molecular formula is C15H18N5O2S+. The van der Waals surface area contributed by atoms with Gasteiger partial charge >= 0.3 is 5.88 Å². The standard InChI is InChI=1S/C15H17N5O2S/c1-8(2)6-9-4-5-10-12(16)13(23-15(10)17-9)14(21)18-11-7-20(3)19-22-11/h4-5,7-8H,6H2,1-3H3,(H2-,16,18,19,21)/p+1. The van der Waals surface area contributed by atoms with Crippen LogP contribution in [0.15, 0.2) is 22.9 Å². The molecule has 3 aromatic rings. The number of nitrogens with two attached hydrogens (primary N) is 1. The highest BCUT2D eigenvalue weighted by Gasteiger charge is 2.20. The van der Waals surface area contributed by atoms with Crippen LogP contribution in [0.3, 0.4) is 0 Å². The minimum Gasteiger partial charge on any atom is -0.397 e. The number of hydrogen-bond donors (Lipinski definition) is 2. The highest BCUT2D eigenvalue weighted by atomic mass is 32.1. The van der Waals surface area contributed by atoms with Crippen molar-refractivity contribution >= 4 is 39.0 Å². The van der Waals surface area contributed by atoms with Gasteiger partial charge in [0.2, 0.25) is 0 Å². The number of nitrogens with one attached hydrogen (secondary N) is 1. The lowest BCUT2D eigenvalue weighted by molar-refractivity contribution is -0.739. The zero-order chi connectivity index (χ0) is 16.6. The summed E-state index contributed by atoms with van der Waals surface area (Å²) in [4.78, 5) is 18.2. The zero-order valence-corrected chi connectivity index (χ0v) is 14.0. The van der Waals surface area contributed by atoms with Crippen LogP contribution >= 0.6 is 11.3 Å². The quantitative estimate of drug-likeness (QED) is 0.713. The molecule has 0 aliphatic rings. The summed E-state index contributed by atoms with van der Waals surface area (Å²) in [6, 6.07) is 3.89. The van der Waals surface area contributed by atoms with Crippen LogP contribution in [0.5, 0.6) is 0 Å². The number of thiophene rings is 1. The molecule has 3 N–H and O–H groups in total. The lowest BCUT2D eigenvalue weighted by atomic mass is 10.1. The number of carbonyl (C=O) groups is 1. The maximum Gasteiger partial charge on any atom is 0.302 e. The third kappa shape index (κ3) is 3.16. The van der Waals surface area contributed by atoms with Crippen molar-refractivity contribution in [2.75, 3.05) is 11.1 Å². The van der Waals surface area contributed by atoms with E-state index in [2.05, 4.69) is 29.4 Å². The van der Waals surface area contributed by atoms with E-state index in [-0.39, 0.29) is 11.8 Å². The number of rotatable bonds is 4. The molecule has 0 saturated carbocycles. The Morgan fingerprint density at radius 3 is 2.91 bits per heavy atom. The molecule has 8 heteroatoms. The van der Waals surface area contributed by atoms with E-state index < -0.39 is 0 Å². The highest BCUT2D eigenvalue weighted by molar-refractivity contribution is 7.21. The summed E-state index contributed by atoms with van der Waals surface area (Å²) in [7, 11) is 1.70. The summed E-state index contributed by atoms with van der Waals surface area (Å²) in [5.41, 5.74) is 7.55. The maximum absolute atomic E-state index is 12.4. The summed E-state index contributed by atoms with van der Waals surface area (Å²) in [5.74, 6) is 0.461. The number of anilines is 2. The van der Waals surface area contributed by atoms with Gasteiger partial charge in [-0.3, -0.25) is 14.6 Å². The Kier molecular flexibility index (Phi) is 3.99. The lowest BCUT2D eigenvalue weighted by Crippen LogP contribution is -2.28. The summed E-state index contributed by atoms with van der Waals surface area (Å²) in [5, 5.41) is 7.10. The number of hydrogen-bond acceptors (Lipinski definition) is 6. The molecule has 3 heterocycles. The minimum absolute atomic E-state index is 0.266. The number of aromatic nitrogens is 3. The fourth-order valence-corrected chi connectivity index (χ4v) is 3.29. The van der Waals surface area contributed by atoms with Gasteiger partial charge in [-0.05, 0) is 24.5 Å². The van der Waals surface area contributed by atoms with Crippen LogP contribution in [0.25, 0.3) is 10.2 Å². The Hall–Kier alpha value is -2.48. The van der Waals surface area contributed by atoms with Crippen LogP contribution in [0, 0.1) is 5.92 Å². The molecular weight excluding hydrogens is 314 g/mol. The monoisotopic (exact) mass is 332 g/mol. The lowest BCUT2D eigenvalue weighted by Gasteiger charge is -2.03. The smallest absolute Gasteiger partial charge is 0.302 e. The van der Waals surface area contributed by atoms with E-state index in [1.807, 2.05) is 12.1 Å². The van der Waals surface area contributed by atoms with Crippen LogP contribution in [0.4, 0.5) is 11.6 Å². The normalized spacial score (nSPS) is 11.3. The third-order valence-electron chi connectivity index (χ3n) is 3.28. The second kappa shape index (κ2) is 5.96. The number of nitrogens with zero attached hydrogens (tertiary/aromatic N) is 3. The summed E-state index contributed by atoms with van der Waals surface area (Å²) >= 11 is 1.28. The molecule has 0 bridgehead atoms. The second-order valence-corrected chi connectivity index (χ2v) is 6.79. The van der Waals surface area contributed by atoms with E-state index in [1.54, 1.807) is 13.2 Å². The molecule has 120 valence electrons. The molecule has 3 rings (SSSR count). The van der Waals surface area contributed by atoms with Gasteiger partial charge in [0, 0.05) is 11.1 Å². The fraction of sp³-hybridized carbons (Fsp3) is 0.333. The molecule has 0 unspecified atom stereocenters. The average molecular weight is 332 g/mol. The van der Waals surface area contributed by atoms with Crippen molar-refractivity contribution in [3.05, 3.63) is 28.9 Å². The first-order valence-electron chi connectivity index (χ1n) is 7.26. The number of pyridine rings is 1. The molecule has 7 nitrogen and oxygen atoms in total. The van der Waals surface area contributed by atoms with Crippen LogP contribution in [-0.4, -0.2) is 16.2 Å². The molecule has 0 spiro atoms. The van der Waals surface area contributed by atoms with Crippen molar-refractivity contribution in [3.8, 4) is 0 Å². The van der Waals surface area contributed by atoms with Crippen LogP contribution in [0.2, 0.25) is 0 Å². The first-order valence-corrected chi connectivity index (χ1v) is 8.07. The Bertz CT molecular complexity index is 868. The highest BCUT2D eigenvalue weighted by Crippen LogP contribution is 2.33. The topological polar surface area (TPSA) is 97.9 Å². The van der Waals surface area contributed by atoms with Gasteiger partial charge < -0.3 is 5.73 Å². The van der Waals surface area contributed by atoms with Gasteiger partial charge in [-0.1, -0.05) is 18.5 Å². The van der Waals surface area contributed by atoms with E-state index in [0.717, 1.165) is 22.3 Å². The van der Waals surface area contributed by atoms with Crippen molar-refractivity contribution in [2.45, 2.75) is 20.3 Å². The zero-order valence-electron chi connectivity index (χ0n) is 13.2. The Labute approximate surface area is 137 Å². The van der Waals surface area contributed by atoms with Gasteiger partial charge in [0.05, 0.1) is 5.69 Å². The van der Waals surface area contributed by atoms with Gasteiger partial charge in [-0.2, -0.15) is 0 Å². The van der Waals surface area contributed by atoms with Gasteiger partial charge in [-0.15, -0.1) is 11.3 Å². The summed E-state index contributed by atoms with van der Waals surface area (Å²) in [6.45, 7) is 4.29. The molecule has 0 aromatic carbocycles. The van der Waals surface area contributed by atoms with Crippen LogP contribution < -0.4 is 15.7 Å². The number of nitrogen functional groups attached to an aromatic ring is 1. The summed E-state index contributed by atoms with van der Waals surface area (Å²) < 4.78 is 6.42. The van der Waals surface area contributed by atoms with Gasteiger partial charge in [0.15, 0.2) is 12.3 Å². The van der Waals surface area contributed by atoms with Crippen molar-refractivity contribution in [2.24, 2.45) is 13.0 Å². The van der Waals surface area contributed by atoms with E-state index >= 15 is 0 Å². The first-order chi connectivity index (χ1) is 10.9. The van der Waals surface area contributed by atoms with Crippen LogP contribution in [0.1, 0.15) is 29.2 Å². The number of aryl methyl sites for hydroxylation is 1. The summed E-state index contributed by atoms with van der Waals surface area (Å²) in [6.07, 6.45) is 2.46. The number of carbonyl (C=O) groups excluding carboxylic acids is 1. The van der Waals surface area contributed by atoms with Gasteiger partial charge in [0.1, 0.15) is 9.71 Å². The van der Waals surface area contributed by atoms with Crippen LogP contribution in [-0.2, 0) is 13.5 Å². The van der Waals surface area contributed by atoms with Crippen molar-refractivity contribution < 1.29 is 14.0 Å². The molecule has 0 fully saturated rings. The largest absolute Gasteiger partial charge is 0.397 e. The molecule has 0 aliphatic heterocycles. The van der Waals surface area contributed by atoms with Gasteiger partial charge in [0.25, 0.3) is 12.1 Å². The Balaban J connectivity index is 1.91. The predicted octanol–water partition coefficient (Wildman–Crippen LogP) is 2.14. The molecule has 3 aromatic heterocycles. The molecule has 0 radical (unpaired) electrons. The van der Waals surface area contributed by atoms with Crippen molar-refractivity contribution in [3.63, 3.8) is 0 Å². The fourth-order valence-electron chi connectivity index (χ4n) is 2.29. The SMILES string of the molecule is CC(C)Cc1ccc2c(N)c(C(=O)Nc3c[n+](C)no3)sc2n1. The van der Waals surface area contributed by atoms with E-state index in [0.29, 0.717) is 16.5 Å². The predicted molar refractivity (Wildman–Crippen MR) is 88.2 cm³/mol. The van der Waals surface area contributed by atoms with E-state index in [9.17, 15) is 4.79 Å². The number of amides is 1. The second-order valence-electron chi connectivity index (χ2n) is 5.79. The minimum atomic E-state index is -0.326. The molecule has 1 amide bonds. The van der Waals surface area contributed by atoms with E-state index in [1.165, 1.54) is 16.0 Å². The maximum atomic E-state index is 12.4. The molecule has 0 atom stereocenters. The number of fused-ring (bicyclic) bond motifs is 1. The first kappa shape index (κ1) is 15.4. The molecule has 23 heavy (non-hydrogen) atoms. The van der Waals surface area contributed by atoms with Crippen molar-refractivity contribution in [1.29, 1.82) is 0 Å². The van der Waals surface area contributed by atoms with E-state index in [4.69, 9.17) is 10.3 Å². The average Bonchev–Trinajstić information content (AvgIpc) is 3.02. The Morgan fingerprint density at radius 1 is 1.48 bits per heavy atom.